The minimum absolute atomic E-state index is 0.0855. The van der Waals surface area contributed by atoms with Crippen LogP contribution in [0.4, 0.5) is 5.69 Å². The topological polar surface area (TPSA) is 3.24 Å². The summed E-state index contributed by atoms with van der Waals surface area (Å²) in [6.07, 6.45) is 6.14. The molecule has 1 heterocycles. The predicted molar refractivity (Wildman–Crippen MR) is 66.2 cm³/mol. The first-order valence-corrected chi connectivity index (χ1v) is 5.46. The van der Waals surface area contributed by atoms with E-state index in [1.807, 2.05) is 17.2 Å². The number of halogens is 1. The maximum absolute atomic E-state index is 6.25. The zero-order chi connectivity index (χ0) is 10.8. The van der Waals surface area contributed by atoms with Gasteiger partial charge in [-0.2, -0.15) is 0 Å². The van der Waals surface area contributed by atoms with Crippen LogP contribution < -0.4 is 4.90 Å². The molecule has 0 radical (unpaired) electrons. The van der Waals surface area contributed by atoms with Crippen LogP contribution in [0.3, 0.4) is 0 Å². The molecule has 1 aliphatic heterocycles. The van der Waals surface area contributed by atoms with Gasteiger partial charge >= 0.3 is 0 Å². The number of benzene rings is 1. The summed E-state index contributed by atoms with van der Waals surface area (Å²) in [6, 6.07) is 8.36. The fraction of sp³-hybridized carbons (Fsp3) is 0.231. The molecule has 1 aromatic rings. The number of hydrogen-bond acceptors (Lipinski definition) is 1. The van der Waals surface area contributed by atoms with Gasteiger partial charge in [0.15, 0.2) is 0 Å². The number of rotatable bonds is 1. The number of anilines is 1. The van der Waals surface area contributed by atoms with E-state index in [4.69, 9.17) is 11.6 Å². The summed E-state index contributed by atoms with van der Waals surface area (Å²) in [6.45, 7) is 4.14. The molecular weight excluding hydrogens is 206 g/mol. The fourth-order valence-corrected chi connectivity index (χ4v) is 1.95. The Morgan fingerprint density at radius 1 is 1.13 bits per heavy atom. The van der Waals surface area contributed by atoms with Gasteiger partial charge in [0.2, 0.25) is 0 Å². The minimum atomic E-state index is -0.0855. The molecule has 1 aliphatic rings. The van der Waals surface area contributed by atoms with E-state index in [0.717, 1.165) is 5.69 Å². The van der Waals surface area contributed by atoms with Crippen molar-refractivity contribution < 1.29 is 0 Å². The monoisotopic (exact) mass is 219 g/mol. The highest BCUT2D eigenvalue weighted by atomic mass is 35.5. The Morgan fingerprint density at radius 2 is 1.80 bits per heavy atom. The summed E-state index contributed by atoms with van der Waals surface area (Å²) in [7, 11) is 0. The number of allylic oxidation sites excluding steroid dienone is 2. The maximum atomic E-state index is 6.25. The number of alkyl halides is 1. The molecule has 2 heteroatoms. The minimum Gasteiger partial charge on any atom is -0.328 e. The lowest BCUT2D eigenvalue weighted by Gasteiger charge is -2.27. The van der Waals surface area contributed by atoms with Crippen LogP contribution in [0.1, 0.15) is 12.5 Å². The molecule has 0 amide bonds. The third-order valence-corrected chi connectivity index (χ3v) is 2.83. The Balaban J connectivity index is 2.26. The van der Waals surface area contributed by atoms with Crippen LogP contribution in [0.2, 0.25) is 0 Å². The summed E-state index contributed by atoms with van der Waals surface area (Å²) in [5, 5.41) is 0. The molecule has 0 aromatic heterocycles. The average molecular weight is 220 g/mol. The van der Waals surface area contributed by atoms with Crippen molar-refractivity contribution in [1.29, 1.82) is 0 Å². The SMILES string of the molecule is CC1=CC(Cl)N(c2ccc(C)cc2)C=C1. The molecule has 0 N–H and O–H groups in total. The first-order chi connectivity index (χ1) is 7.16. The second kappa shape index (κ2) is 4.11. The van der Waals surface area contributed by atoms with Gasteiger partial charge in [0.1, 0.15) is 5.50 Å². The van der Waals surface area contributed by atoms with Crippen LogP contribution in [-0.2, 0) is 0 Å². The molecule has 0 saturated heterocycles. The van der Waals surface area contributed by atoms with E-state index in [1.165, 1.54) is 11.1 Å². The molecule has 0 fully saturated rings. The van der Waals surface area contributed by atoms with E-state index >= 15 is 0 Å². The molecule has 78 valence electrons. The lowest BCUT2D eigenvalue weighted by molar-refractivity contribution is 0.987. The first kappa shape index (κ1) is 10.3. The van der Waals surface area contributed by atoms with Gasteiger partial charge in [0.05, 0.1) is 0 Å². The summed E-state index contributed by atoms with van der Waals surface area (Å²) in [4.78, 5) is 2.05. The molecule has 0 spiro atoms. The first-order valence-electron chi connectivity index (χ1n) is 5.02. The summed E-state index contributed by atoms with van der Waals surface area (Å²) in [5.74, 6) is 0. The standard InChI is InChI=1S/C13H14ClN/c1-10-3-5-12(6-4-10)15-8-7-11(2)9-13(15)14/h3-9,13H,1-2H3. The molecule has 1 aromatic carbocycles. The van der Waals surface area contributed by atoms with Gasteiger partial charge < -0.3 is 4.90 Å². The van der Waals surface area contributed by atoms with E-state index < -0.39 is 0 Å². The molecule has 2 rings (SSSR count). The molecule has 1 unspecified atom stereocenters. The molecule has 15 heavy (non-hydrogen) atoms. The van der Waals surface area contributed by atoms with Crippen LogP contribution in [0.15, 0.2) is 48.2 Å². The van der Waals surface area contributed by atoms with E-state index in [0.29, 0.717) is 0 Å². The molecule has 0 bridgehead atoms. The molecule has 1 nitrogen and oxygen atoms in total. The van der Waals surface area contributed by atoms with Crippen molar-refractivity contribution in [2.75, 3.05) is 4.90 Å². The van der Waals surface area contributed by atoms with Gasteiger partial charge in [-0.15, -0.1) is 0 Å². The van der Waals surface area contributed by atoms with Gasteiger partial charge in [-0.3, -0.25) is 0 Å². The van der Waals surface area contributed by atoms with Crippen molar-refractivity contribution in [3.8, 4) is 0 Å². The highest BCUT2D eigenvalue weighted by molar-refractivity contribution is 6.23. The van der Waals surface area contributed by atoms with Crippen LogP contribution in [0.25, 0.3) is 0 Å². The highest BCUT2D eigenvalue weighted by Gasteiger charge is 2.14. The smallest absolute Gasteiger partial charge is 0.127 e. The quantitative estimate of drug-likeness (QED) is 0.513. The average Bonchev–Trinajstić information content (AvgIpc) is 2.20. The third-order valence-electron chi connectivity index (χ3n) is 2.50. The van der Waals surface area contributed by atoms with E-state index in [1.54, 1.807) is 0 Å². The highest BCUT2D eigenvalue weighted by Crippen LogP contribution is 2.24. The van der Waals surface area contributed by atoms with Gasteiger partial charge in [-0.05, 0) is 38.1 Å². The summed E-state index contributed by atoms with van der Waals surface area (Å²) < 4.78 is 0. The molecule has 0 saturated carbocycles. The number of aryl methyl sites for hydroxylation is 1. The zero-order valence-electron chi connectivity index (χ0n) is 8.94. The maximum Gasteiger partial charge on any atom is 0.127 e. The van der Waals surface area contributed by atoms with Crippen molar-refractivity contribution in [2.24, 2.45) is 0 Å². The second-order valence-corrected chi connectivity index (χ2v) is 4.29. The van der Waals surface area contributed by atoms with Crippen molar-refractivity contribution in [3.63, 3.8) is 0 Å². The Hall–Kier alpha value is -1.21. The van der Waals surface area contributed by atoms with E-state index in [9.17, 15) is 0 Å². The van der Waals surface area contributed by atoms with Crippen molar-refractivity contribution in [3.05, 3.63) is 53.8 Å². The van der Waals surface area contributed by atoms with E-state index in [-0.39, 0.29) is 5.50 Å². The van der Waals surface area contributed by atoms with Gasteiger partial charge in [-0.25, -0.2) is 0 Å². The second-order valence-electron chi connectivity index (χ2n) is 3.84. The molecule has 0 aliphatic carbocycles. The van der Waals surface area contributed by atoms with Gasteiger partial charge in [0.25, 0.3) is 0 Å². The van der Waals surface area contributed by atoms with Crippen LogP contribution in [0.5, 0.6) is 0 Å². The zero-order valence-corrected chi connectivity index (χ0v) is 9.70. The Labute approximate surface area is 95.7 Å². The van der Waals surface area contributed by atoms with Crippen molar-refractivity contribution in [2.45, 2.75) is 19.3 Å². The summed E-state index contributed by atoms with van der Waals surface area (Å²) in [5.41, 5.74) is 3.51. The van der Waals surface area contributed by atoms with Crippen molar-refractivity contribution >= 4 is 17.3 Å². The number of hydrogen-bond donors (Lipinski definition) is 0. The van der Waals surface area contributed by atoms with Gasteiger partial charge in [-0.1, -0.05) is 34.9 Å². The lowest BCUT2D eigenvalue weighted by atomic mass is 10.1. The van der Waals surface area contributed by atoms with Crippen LogP contribution in [-0.4, -0.2) is 5.50 Å². The fourth-order valence-electron chi connectivity index (χ4n) is 1.58. The van der Waals surface area contributed by atoms with E-state index in [2.05, 4.69) is 44.2 Å². The van der Waals surface area contributed by atoms with Crippen LogP contribution >= 0.6 is 11.6 Å². The Bertz CT molecular complexity index is 403. The molecular formula is C13H14ClN. The Kier molecular flexibility index (Phi) is 2.83. The predicted octanol–water partition coefficient (Wildman–Crippen LogP) is 3.84. The van der Waals surface area contributed by atoms with Gasteiger partial charge in [0, 0.05) is 11.9 Å². The largest absolute Gasteiger partial charge is 0.328 e. The molecule has 1 atom stereocenters. The third kappa shape index (κ3) is 2.24. The Morgan fingerprint density at radius 3 is 2.40 bits per heavy atom. The lowest BCUT2D eigenvalue weighted by Crippen LogP contribution is -2.26. The summed E-state index contributed by atoms with van der Waals surface area (Å²) >= 11 is 6.25. The number of nitrogens with zero attached hydrogens (tertiary/aromatic N) is 1. The van der Waals surface area contributed by atoms with Crippen LogP contribution in [0, 0.1) is 6.92 Å². The normalized spacial score (nSPS) is 20.3. The van der Waals surface area contributed by atoms with Crippen molar-refractivity contribution in [1.82, 2.24) is 0 Å².